The van der Waals surface area contributed by atoms with Crippen molar-refractivity contribution in [2.75, 3.05) is 7.11 Å². The Morgan fingerprint density at radius 2 is 2.06 bits per heavy atom. The van der Waals surface area contributed by atoms with Gasteiger partial charge in [-0.2, -0.15) is 5.10 Å². The van der Waals surface area contributed by atoms with Gasteiger partial charge in [0.15, 0.2) is 0 Å². The van der Waals surface area contributed by atoms with Crippen LogP contribution in [0.1, 0.15) is 39.1 Å². The minimum atomic E-state index is -0.376. The van der Waals surface area contributed by atoms with Gasteiger partial charge in [-0.1, -0.05) is 18.5 Å². The number of aromatic nitrogens is 2. The molecule has 1 rings (SSSR count). The van der Waals surface area contributed by atoms with Crippen molar-refractivity contribution in [3.8, 4) is 0 Å². The van der Waals surface area contributed by atoms with Crippen LogP contribution in [0.4, 0.5) is 0 Å². The van der Waals surface area contributed by atoms with Crippen LogP contribution in [0.5, 0.6) is 0 Å². The number of nitrogens with zero attached hydrogens (tertiary/aromatic N) is 2. The molecule has 0 saturated carbocycles. The monoisotopic (exact) mass is 273 g/mol. The fourth-order valence-corrected chi connectivity index (χ4v) is 2.16. The molecule has 1 heterocycles. The van der Waals surface area contributed by atoms with Gasteiger partial charge in [0.25, 0.3) is 0 Å². The Bertz CT molecular complexity index is 401. The molecule has 1 aromatic rings. The number of rotatable bonds is 6. The molecule has 2 N–H and O–H groups in total. The topological polar surface area (TPSA) is 53.1 Å². The Morgan fingerprint density at radius 3 is 2.50 bits per heavy atom. The normalized spacial score (nSPS) is 13.9. The van der Waals surface area contributed by atoms with Crippen LogP contribution < -0.4 is 5.73 Å². The van der Waals surface area contributed by atoms with E-state index in [-0.39, 0.29) is 11.6 Å². The second-order valence-electron chi connectivity index (χ2n) is 4.99. The molecule has 1 atom stereocenters. The highest BCUT2D eigenvalue weighted by molar-refractivity contribution is 6.31. The van der Waals surface area contributed by atoms with Gasteiger partial charge in [0.1, 0.15) is 0 Å². The smallest absolute Gasteiger partial charge is 0.0850 e. The Labute approximate surface area is 114 Å². The number of methoxy groups -OCH3 is 1. The first-order valence-electron chi connectivity index (χ1n) is 6.42. The van der Waals surface area contributed by atoms with Crippen molar-refractivity contribution in [3.63, 3.8) is 0 Å². The Balaban J connectivity index is 3.00. The van der Waals surface area contributed by atoms with Crippen LogP contribution in [-0.2, 0) is 24.1 Å². The molecular formula is C13H24ClN3O. The zero-order valence-corrected chi connectivity index (χ0v) is 12.7. The fourth-order valence-electron chi connectivity index (χ4n) is 1.82. The second kappa shape index (κ2) is 6.04. The first-order chi connectivity index (χ1) is 8.37. The van der Waals surface area contributed by atoms with Crippen molar-refractivity contribution in [3.05, 3.63) is 16.4 Å². The molecule has 0 bridgehead atoms. The van der Waals surface area contributed by atoms with Gasteiger partial charge in [0, 0.05) is 26.1 Å². The first-order valence-corrected chi connectivity index (χ1v) is 6.79. The van der Waals surface area contributed by atoms with Crippen LogP contribution >= 0.6 is 11.6 Å². The van der Waals surface area contributed by atoms with Gasteiger partial charge in [0.05, 0.1) is 22.0 Å². The van der Waals surface area contributed by atoms with Gasteiger partial charge in [-0.05, 0) is 27.2 Å². The van der Waals surface area contributed by atoms with Crippen molar-refractivity contribution >= 4 is 11.6 Å². The number of aryl methyl sites for hydroxylation is 2. The first kappa shape index (κ1) is 15.5. The minimum Gasteiger partial charge on any atom is -0.377 e. The quantitative estimate of drug-likeness (QED) is 0.866. The van der Waals surface area contributed by atoms with E-state index in [0.717, 1.165) is 29.4 Å². The van der Waals surface area contributed by atoms with Crippen LogP contribution in [0.3, 0.4) is 0 Å². The molecule has 1 unspecified atom stereocenters. The Hall–Kier alpha value is -0.580. The average molecular weight is 274 g/mol. The molecule has 18 heavy (non-hydrogen) atoms. The van der Waals surface area contributed by atoms with Crippen molar-refractivity contribution in [2.24, 2.45) is 5.73 Å². The molecule has 0 spiro atoms. The highest BCUT2D eigenvalue weighted by Crippen LogP contribution is 2.25. The third-order valence-electron chi connectivity index (χ3n) is 3.53. The second-order valence-corrected chi connectivity index (χ2v) is 5.37. The van der Waals surface area contributed by atoms with Crippen LogP contribution in [0.2, 0.25) is 5.02 Å². The van der Waals surface area contributed by atoms with E-state index >= 15 is 0 Å². The average Bonchev–Trinajstić information content (AvgIpc) is 2.66. The van der Waals surface area contributed by atoms with Gasteiger partial charge < -0.3 is 10.5 Å². The van der Waals surface area contributed by atoms with Gasteiger partial charge >= 0.3 is 0 Å². The number of hydrogen-bond acceptors (Lipinski definition) is 3. The van der Waals surface area contributed by atoms with Gasteiger partial charge in [-0.3, -0.25) is 4.68 Å². The molecule has 1 aromatic heterocycles. The molecule has 0 radical (unpaired) electrons. The molecule has 5 heteroatoms. The Kier molecular flexibility index (Phi) is 5.20. The molecule has 4 nitrogen and oxygen atoms in total. The van der Waals surface area contributed by atoms with Crippen molar-refractivity contribution in [1.82, 2.24) is 9.78 Å². The number of halogens is 1. The third-order valence-corrected chi connectivity index (χ3v) is 3.96. The molecule has 104 valence electrons. The number of nitrogens with two attached hydrogens (primary N) is 1. The fraction of sp³-hybridized carbons (Fsp3) is 0.769. The highest BCUT2D eigenvalue weighted by Gasteiger charge is 2.28. The summed E-state index contributed by atoms with van der Waals surface area (Å²) in [6.45, 7) is 8.88. The van der Waals surface area contributed by atoms with Crippen LogP contribution in [0.25, 0.3) is 0 Å². The molecule has 0 aromatic carbocycles. The SMILES string of the molecule is CCc1nn(CC)c(CC(N)C(C)(C)OC)c1Cl. The molecule has 0 aliphatic carbocycles. The molecule has 0 amide bonds. The van der Waals surface area contributed by atoms with Gasteiger partial charge in [0.2, 0.25) is 0 Å². The zero-order valence-electron chi connectivity index (χ0n) is 12.0. The zero-order chi connectivity index (χ0) is 13.9. The van der Waals surface area contributed by atoms with Gasteiger partial charge in [-0.15, -0.1) is 0 Å². The van der Waals surface area contributed by atoms with E-state index in [2.05, 4.69) is 18.9 Å². The number of ether oxygens (including phenoxy) is 1. The van der Waals surface area contributed by atoms with Crippen molar-refractivity contribution in [2.45, 2.75) is 58.7 Å². The van der Waals surface area contributed by atoms with E-state index in [0.29, 0.717) is 6.42 Å². The third kappa shape index (κ3) is 3.05. The molecule has 0 aliphatic rings. The predicted molar refractivity (Wildman–Crippen MR) is 75.1 cm³/mol. The van der Waals surface area contributed by atoms with E-state index in [1.165, 1.54) is 0 Å². The lowest BCUT2D eigenvalue weighted by Crippen LogP contribution is -2.46. The maximum absolute atomic E-state index is 6.37. The summed E-state index contributed by atoms with van der Waals surface area (Å²) in [6, 6.07) is -0.119. The number of hydrogen-bond donors (Lipinski definition) is 1. The summed E-state index contributed by atoms with van der Waals surface area (Å²) in [5.74, 6) is 0. The van der Waals surface area contributed by atoms with E-state index in [1.54, 1.807) is 7.11 Å². The molecular weight excluding hydrogens is 250 g/mol. The van der Waals surface area contributed by atoms with Crippen LogP contribution in [0.15, 0.2) is 0 Å². The molecule has 0 fully saturated rings. The standard InChI is InChI=1S/C13H24ClN3O/c1-6-9-12(14)10(17(7-2)16-9)8-11(15)13(3,4)18-5/h11H,6-8,15H2,1-5H3. The summed E-state index contributed by atoms with van der Waals surface area (Å²) < 4.78 is 7.36. The summed E-state index contributed by atoms with van der Waals surface area (Å²) in [6.07, 6.45) is 1.50. The van der Waals surface area contributed by atoms with Crippen molar-refractivity contribution in [1.29, 1.82) is 0 Å². The van der Waals surface area contributed by atoms with Crippen LogP contribution in [0, 0.1) is 0 Å². The summed E-state index contributed by atoms with van der Waals surface area (Å²) in [5, 5.41) is 5.25. The highest BCUT2D eigenvalue weighted by atomic mass is 35.5. The maximum atomic E-state index is 6.37. The van der Waals surface area contributed by atoms with Crippen LogP contribution in [-0.4, -0.2) is 28.5 Å². The molecule has 0 aliphatic heterocycles. The molecule has 0 saturated heterocycles. The van der Waals surface area contributed by atoms with Gasteiger partial charge in [-0.25, -0.2) is 0 Å². The lowest BCUT2D eigenvalue weighted by atomic mass is 9.95. The largest absolute Gasteiger partial charge is 0.377 e. The summed E-state index contributed by atoms with van der Waals surface area (Å²) in [5.41, 5.74) is 7.78. The van der Waals surface area contributed by atoms with Crippen molar-refractivity contribution < 1.29 is 4.74 Å². The minimum absolute atomic E-state index is 0.119. The summed E-state index contributed by atoms with van der Waals surface area (Å²) in [4.78, 5) is 0. The maximum Gasteiger partial charge on any atom is 0.0850 e. The van der Waals surface area contributed by atoms with E-state index in [9.17, 15) is 0 Å². The lowest BCUT2D eigenvalue weighted by molar-refractivity contribution is 0.000358. The summed E-state index contributed by atoms with van der Waals surface area (Å²) >= 11 is 6.37. The predicted octanol–water partition coefficient (Wildman–Crippen LogP) is 2.41. The van der Waals surface area contributed by atoms with E-state index in [4.69, 9.17) is 22.1 Å². The van der Waals surface area contributed by atoms with E-state index in [1.807, 2.05) is 18.5 Å². The lowest BCUT2D eigenvalue weighted by Gasteiger charge is -2.30. The Morgan fingerprint density at radius 1 is 1.44 bits per heavy atom. The summed E-state index contributed by atoms with van der Waals surface area (Å²) in [7, 11) is 1.68. The van der Waals surface area contributed by atoms with E-state index < -0.39 is 0 Å².